The van der Waals surface area contributed by atoms with Crippen LogP contribution in [0.1, 0.15) is 6.42 Å². The number of nitrogens with one attached hydrogen (secondary N) is 2. The number of aliphatic hydroxyl groups excluding tert-OH is 1. The number of hydrogen-bond donors (Lipinski definition) is 3. The van der Waals surface area contributed by atoms with E-state index in [1.54, 1.807) is 41.2 Å². The molecule has 0 aliphatic carbocycles. The first-order valence-corrected chi connectivity index (χ1v) is 14.0. The first-order valence-electron chi connectivity index (χ1n) is 12.5. The van der Waals surface area contributed by atoms with Crippen LogP contribution in [0.2, 0.25) is 0 Å². The molecule has 2 aromatic heterocycles. The van der Waals surface area contributed by atoms with Gasteiger partial charge in [0, 0.05) is 37.9 Å². The SMILES string of the molecule is COc1cc(Nc2nc3ccccc3nc2NS(=O)(=O)c2ccn(CCN(C)C)n2)c(OCCCO)c(OC)c1. The van der Waals surface area contributed by atoms with E-state index in [1.807, 2.05) is 25.1 Å². The number of aliphatic hydroxyl groups is 1. The number of likely N-dealkylation sites (N-methyl/N-ethyl adjacent to an activating group) is 1. The van der Waals surface area contributed by atoms with Crippen LogP contribution >= 0.6 is 0 Å². The Morgan fingerprint density at radius 1 is 1.02 bits per heavy atom. The maximum absolute atomic E-state index is 13.4. The molecule has 214 valence electrons. The third-order valence-corrected chi connectivity index (χ3v) is 6.99. The fraction of sp³-hybridized carbons (Fsp3) is 0.346. The summed E-state index contributed by atoms with van der Waals surface area (Å²) in [7, 11) is 2.74. The lowest BCUT2D eigenvalue weighted by atomic mass is 10.2. The first-order chi connectivity index (χ1) is 19.2. The zero-order chi connectivity index (χ0) is 28.7. The standard InChI is InChI=1S/C26H33N7O6S/c1-32(2)12-13-33-11-10-23(30-33)40(35,36)31-26-25(27-19-8-5-6-9-20(19)28-26)29-21-16-18(37-3)17-22(38-4)24(21)39-15-7-14-34/h5-6,8-11,16-17,34H,7,12-15H2,1-4H3,(H,27,29)(H,28,31). The second-order valence-electron chi connectivity index (χ2n) is 8.99. The monoisotopic (exact) mass is 571 g/mol. The van der Waals surface area contributed by atoms with Crippen molar-refractivity contribution in [3.8, 4) is 17.2 Å². The van der Waals surface area contributed by atoms with Crippen molar-refractivity contribution < 1.29 is 27.7 Å². The predicted molar refractivity (Wildman–Crippen MR) is 151 cm³/mol. The molecule has 0 spiro atoms. The van der Waals surface area contributed by atoms with Crippen LogP contribution in [-0.4, -0.2) is 86.2 Å². The number of rotatable bonds is 14. The fourth-order valence-electron chi connectivity index (χ4n) is 3.71. The summed E-state index contributed by atoms with van der Waals surface area (Å²) in [6, 6.07) is 11.8. The number of methoxy groups -OCH3 is 2. The number of hydrogen-bond acceptors (Lipinski definition) is 11. The van der Waals surface area contributed by atoms with Gasteiger partial charge in [0.1, 0.15) is 5.75 Å². The second-order valence-corrected chi connectivity index (χ2v) is 10.6. The van der Waals surface area contributed by atoms with E-state index < -0.39 is 10.0 Å². The molecule has 0 amide bonds. The number of fused-ring (bicyclic) bond motifs is 1. The molecule has 2 heterocycles. The van der Waals surface area contributed by atoms with Crippen LogP contribution in [0.5, 0.6) is 17.2 Å². The summed E-state index contributed by atoms with van der Waals surface area (Å²) in [5.74, 6) is 1.26. The van der Waals surface area contributed by atoms with Gasteiger partial charge < -0.3 is 29.5 Å². The molecule has 0 atom stereocenters. The van der Waals surface area contributed by atoms with Crippen molar-refractivity contribution in [3.05, 3.63) is 48.7 Å². The van der Waals surface area contributed by atoms with Crippen molar-refractivity contribution in [2.24, 2.45) is 0 Å². The van der Waals surface area contributed by atoms with Crippen LogP contribution in [0.4, 0.5) is 17.3 Å². The molecule has 13 nitrogen and oxygen atoms in total. The third-order valence-electron chi connectivity index (χ3n) is 5.76. The first kappa shape index (κ1) is 28.9. The molecular weight excluding hydrogens is 538 g/mol. The zero-order valence-corrected chi connectivity index (χ0v) is 23.6. The highest BCUT2D eigenvalue weighted by Gasteiger charge is 2.23. The van der Waals surface area contributed by atoms with Gasteiger partial charge in [-0.05, 0) is 32.3 Å². The molecule has 3 N–H and O–H groups in total. The van der Waals surface area contributed by atoms with Crippen LogP contribution < -0.4 is 24.2 Å². The summed E-state index contributed by atoms with van der Waals surface area (Å²) < 4.78 is 47.6. The maximum atomic E-state index is 13.4. The van der Waals surface area contributed by atoms with Crippen molar-refractivity contribution >= 4 is 38.4 Å². The predicted octanol–water partition coefficient (Wildman–Crippen LogP) is 2.71. The van der Waals surface area contributed by atoms with Gasteiger partial charge in [-0.3, -0.25) is 9.40 Å². The smallest absolute Gasteiger partial charge is 0.282 e. The van der Waals surface area contributed by atoms with Crippen molar-refractivity contribution in [1.82, 2.24) is 24.6 Å². The van der Waals surface area contributed by atoms with Gasteiger partial charge in [-0.1, -0.05) is 12.1 Å². The zero-order valence-electron chi connectivity index (χ0n) is 22.8. The van der Waals surface area contributed by atoms with E-state index >= 15 is 0 Å². The van der Waals surface area contributed by atoms with E-state index in [-0.39, 0.29) is 29.9 Å². The molecular formula is C26H33N7O6S. The maximum Gasteiger partial charge on any atom is 0.282 e. The number of nitrogens with zero attached hydrogens (tertiary/aromatic N) is 5. The number of para-hydroxylation sites is 2. The summed E-state index contributed by atoms with van der Waals surface area (Å²) in [5.41, 5.74) is 1.43. The van der Waals surface area contributed by atoms with Gasteiger partial charge in [-0.25, -0.2) is 9.97 Å². The number of anilines is 3. The lowest BCUT2D eigenvalue weighted by Crippen LogP contribution is -2.20. The molecule has 0 aliphatic heterocycles. The fourth-order valence-corrected chi connectivity index (χ4v) is 4.66. The summed E-state index contributed by atoms with van der Waals surface area (Å²) in [6.45, 7) is 1.40. The van der Waals surface area contributed by atoms with E-state index in [9.17, 15) is 13.5 Å². The highest BCUT2D eigenvalue weighted by atomic mass is 32.2. The van der Waals surface area contributed by atoms with Crippen molar-refractivity contribution in [2.75, 3.05) is 58.1 Å². The average Bonchev–Trinajstić information content (AvgIpc) is 3.43. The Labute approximate surface area is 232 Å². The molecule has 0 radical (unpaired) electrons. The number of aromatic nitrogens is 4. The quantitative estimate of drug-likeness (QED) is 0.192. The van der Waals surface area contributed by atoms with Gasteiger partial charge >= 0.3 is 0 Å². The third kappa shape index (κ3) is 6.89. The highest BCUT2D eigenvalue weighted by molar-refractivity contribution is 7.92. The topological polar surface area (TPSA) is 153 Å². The molecule has 0 fully saturated rings. The molecule has 0 bridgehead atoms. The van der Waals surface area contributed by atoms with Gasteiger partial charge in [-0.2, -0.15) is 13.5 Å². The average molecular weight is 572 g/mol. The minimum Gasteiger partial charge on any atom is -0.497 e. The van der Waals surface area contributed by atoms with Gasteiger partial charge in [0.15, 0.2) is 28.2 Å². The Morgan fingerprint density at radius 3 is 2.40 bits per heavy atom. The van der Waals surface area contributed by atoms with Gasteiger partial charge in [0.2, 0.25) is 0 Å². The van der Waals surface area contributed by atoms with E-state index in [2.05, 4.69) is 25.1 Å². The largest absolute Gasteiger partial charge is 0.497 e. The molecule has 0 saturated heterocycles. The normalized spacial score (nSPS) is 11.6. The van der Waals surface area contributed by atoms with Crippen molar-refractivity contribution in [2.45, 2.75) is 18.0 Å². The van der Waals surface area contributed by atoms with Crippen LogP contribution in [0.3, 0.4) is 0 Å². The van der Waals surface area contributed by atoms with Gasteiger partial charge in [0.05, 0.1) is 44.1 Å². The highest BCUT2D eigenvalue weighted by Crippen LogP contribution is 2.42. The summed E-state index contributed by atoms with van der Waals surface area (Å²) in [4.78, 5) is 11.2. The van der Waals surface area contributed by atoms with Crippen molar-refractivity contribution in [3.63, 3.8) is 0 Å². The minimum absolute atomic E-state index is 0.0374. The molecule has 2 aromatic carbocycles. The molecule has 4 aromatic rings. The van der Waals surface area contributed by atoms with E-state index in [4.69, 9.17) is 14.2 Å². The molecule has 0 aliphatic rings. The molecule has 0 unspecified atom stereocenters. The van der Waals surface area contributed by atoms with Gasteiger partial charge in [-0.15, -0.1) is 0 Å². The van der Waals surface area contributed by atoms with E-state index in [0.29, 0.717) is 53.5 Å². The number of ether oxygens (including phenoxy) is 3. The lowest BCUT2D eigenvalue weighted by molar-refractivity contribution is 0.228. The molecule has 4 rings (SSSR count). The van der Waals surface area contributed by atoms with Crippen LogP contribution in [0.25, 0.3) is 11.0 Å². The van der Waals surface area contributed by atoms with E-state index in [1.165, 1.54) is 20.3 Å². The van der Waals surface area contributed by atoms with Crippen LogP contribution in [0, 0.1) is 0 Å². The Morgan fingerprint density at radius 2 is 1.75 bits per heavy atom. The van der Waals surface area contributed by atoms with Gasteiger partial charge in [0.25, 0.3) is 10.0 Å². The van der Waals surface area contributed by atoms with Crippen molar-refractivity contribution in [1.29, 1.82) is 0 Å². The molecule has 40 heavy (non-hydrogen) atoms. The number of benzene rings is 2. The Hall–Kier alpha value is -4.14. The summed E-state index contributed by atoms with van der Waals surface area (Å²) in [6.07, 6.45) is 2.01. The summed E-state index contributed by atoms with van der Waals surface area (Å²) in [5, 5.41) is 16.4. The number of sulfonamides is 1. The second kappa shape index (κ2) is 12.8. The van der Waals surface area contributed by atoms with E-state index in [0.717, 1.165) is 0 Å². The summed E-state index contributed by atoms with van der Waals surface area (Å²) >= 11 is 0. The Kier molecular flexibility index (Phi) is 9.24. The van der Waals surface area contributed by atoms with Crippen LogP contribution in [0.15, 0.2) is 53.7 Å². The molecule has 0 saturated carbocycles. The molecule has 14 heteroatoms. The minimum atomic E-state index is -4.11. The lowest BCUT2D eigenvalue weighted by Gasteiger charge is -2.19. The Bertz CT molecular complexity index is 1560. The van der Waals surface area contributed by atoms with Crippen LogP contribution in [-0.2, 0) is 16.6 Å². The Balaban J connectivity index is 1.74.